The van der Waals surface area contributed by atoms with Crippen LogP contribution in [0.2, 0.25) is 5.02 Å². The van der Waals surface area contributed by atoms with E-state index in [1.54, 1.807) is 4.57 Å². The van der Waals surface area contributed by atoms with Gasteiger partial charge in [0.2, 0.25) is 5.43 Å². The first-order valence-electron chi connectivity index (χ1n) is 9.46. The zero-order valence-corrected chi connectivity index (χ0v) is 16.5. The molecule has 1 aromatic heterocycles. The smallest absolute Gasteiger partial charge is 0.341 e. The fourth-order valence-corrected chi connectivity index (χ4v) is 4.62. The lowest BCUT2D eigenvalue weighted by Crippen LogP contribution is -2.19. The number of hydrogen-bond donors (Lipinski definition) is 1. The van der Waals surface area contributed by atoms with Gasteiger partial charge < -0.3 is 9.67 Å². The maximum absolute atomic E-state index is 15.2. The van der Waals surface area contributed by atoms with E-state index in [9.17, 15) is 14.7 Å². The molecule has 0 atom stereocenters. The van der Waals surface area contributed by atoms with E-state index in [-0.39, 0.29) is 27.6 Å². The number of hydrogen-bond acceptors (Lipinski definition) is 3. The van der Waals surface area contributed by atoms with Crippen molar-refractivity contribution in [2.45, 2.75) is 32.0 Å². The van der Waals surface area contributed by atoms with Crippen molar-refractivity contribution in [3.05, 3.63) is 68.2 Å². The van der Waals surface area contributed by atoms with Crippen LogP contribution in [0.3, 0.4) is 0 Å². The molecular formula is C22H18ClFN2O3. The van der Waals surface area contributed by atoms with Crippen LogP contribution < -0.4 is 5.43 Å². The molecule has 0 spiro atoms. The van der Waals surface area contributed by atoms with Crippen molar-refractivity contribution in [3.8, 4) is 11.1 Å². The lowest BCUT2D eigenvalue weighted by Gasteiger charge is -2.16. The third-order valence-electron chi connectivity index (χ3n) is 5.75. The van der Waals surface area contributed by atoms with Gasteiger partial charge in [-0.15, -0.1) is 0 Å². The fraction of sp³-hybridized carbons (Fsp3) is 0.273. The first-order valence-corrected chi connectivity index (χ1v) is 9.84. The van der Waals surface area contributed by atoms with Crippen molar-refractivity contribution >= 4 is 28.5 Å². The minimum Gasteiger partial charge on any atom is -0.477 e. The highest BCUT2D eigenvalue weighted by Crippen LogP contribution is 2.42. The Morgan fingerprint density at radius 1 is 1.21 bits per heavy atom. The van der Waals surface area contributed by atoms with Gasteiger partial charge in [0.25, 0.3) is 0 Å². The molecule has 0 unspecified atom stereocenters. The summed E-state index contributed by atoms with van der Waals surface area (Å²) in [6, 6.07) is 6.97. The number of carboxylic acids is 1. The SMILES string of the molecule is CN1Cc2ccc(-c3c(F)cc4c(=O)c(C(=O)O)cn(C5CC5)c4c3Cl)cc2C1. The number of aromatic carboxylic acids is 1. The standard InChI is InChI=1S/C22H18ClFN2O3/c1-25-8-12-3-2-11(6-13(12)9-25)18-17(24)7-15-20(19(18)23)26(14-4-5-14)10-16(21(15)27)22(28)29/h2-3,6-7,10,14H,4-5,8-9H2,1H3,(H,28,29). The van der Waals surface area contributed by atoms with Crippen LogP contribution in [0.15, 0.2) is 35.3 Å². The van der Waals surface area contributed by atoms with Crippen LogP contribution in [0, 0.1) is 5.82 Å². The van der Waals surface area contributed by atoms with Gasteiger partial charge in [-0.25, -0.2) is 9.18 Å². The summed E-state index contributed by atoms with van der Waals surface area (Å²) in [4.78, 5) is 26.4. The molecule has 0 bridgehead atoms. The van der Waals surface area contributed by atoms with E-state index in [0.717, 1.165) is 37.6 Å². The van der Waals surface area contributed by atoms with Crippen LogP contribution in [-0.4, -0.2) is 27.6 Å². The van der Waals surface area contributed by atoms with Gasteiger partial charge in [-0.2, -0.15) is 0 Å². The molecule has 2 heterocycles. The number of nitrogens with zero attached hydrogens (tertiary/aromatic N) is 2. The molecule has 3 aromatic rings. The summed E-state index contributed by atoms with van der Waals surface area (Å²) < 4.78 is 16.9. The van der Waals surface area contributed by atoms with Crippen molar-refractivity contribution < 1.29 is 14.3 Å². The molecule has 29 heavy (non-hydrogen) atoms. The van der Waals surface area contributed by atoms with Gasteiger partial charge in [0.05, 0.1) is 15.9 Å². The van der Waals surface area contributed by atoms with Gasteiger partial charge >= 0.3 is 5.97 Å². The number of rotatable bonds is 3. The molecule has 1 fully saturated rings. The molecule has 1 N–H and O–H groups in total. The quantitative estimate of drug-likeness (QED) is 0.690. The second-order valence-electron chi connectivity index (χ2n) is 7.91. The Labute approximate surface area is 170 Å². The topological polar surface area (TPSA) is 62.5 Å². The number of pyridine rings is 1. The van der Waals surface area contributed by atoms with Crippen molar-refractivity contribution in [3.63, 3.8) is 0 Å². The number of aromatic nitrogens is 1. The fourth-order valence-electron chi connectivity index (χ4n) is 4.22. The Balaban J connectivity index is 1.80. The summed E-state index contributed by atoms with van der Waals surface area (Å²) in [5.41, 5.74) is 2.54. The zero-order chi connectivity index (χ0) is 20.4. The molecule has 0 radical (unpaired) electrons. The van der Waals surface area contributed by atoms with Gasteiger partial charge in [-0.3, -0.25) is 9.69 Å². The number of fused-ring (bicyclic) bond motifs is 2. The third kappa shape index (κ3) is 2.86. The van der Waals surface area contributed by atoms with E-state index in [2.05, 4.69) is 4.90 Å². The predicted molar refractivity (Wildman–Crippen MR) is 109 cm³/mol. The molecule has 5 nitrogen and oxygen atoms in total. The van der Waals surface area contributed by atoms with E-state index in [4.69, 9.17) is 11.6 Å². The summed E-state index contributed by atoms with van der Waals surface area (Å²) in [6.07, 6.45) is 3.08. The van der Waals surface area contributed by atoms with Crippen molar-refractivity contribution in [2.75, 3.05) is 7.05 Å². The molecule has 148 valence electrons. The minimum atomic E-state index is -1.32. The average Bonchev–Trinajstić information content (AvgIpc) is 3.43. The van der Waals surface area contributed by atoms with E-state index in [1.165, 1.54) is 11.8 Å². The predicted octanol–water partition coefficient (Wildman–Crippen LogP) is 4.44. The van der Waals surface area contributed by atoms with Crippen LogP contribution in [-0.2, 0) is 13.1 Å². The first kappa shape index (κ1) is 18.3. The minimum absolute atomic E-state index is 0.00365. The van der Waals surface area contributed by atoms with Crippen LogP contribution in [0.25, 0.3) is 22.0 Å². The molecule has 1 saturated carbocycles. The maximum Gasteiger partial charge on any atom is 0.341 e. The lowest BCUT2D eigenvalue weighted by molar-refractivity contribution is 0.0695. The summed E-state index contributed by atoms with van der Waals surface area (Å²) in [5.74, 6) is -1.95. The molecule has 2 aliphatic rings. The summed E-state index contributed by atoms with van der Waals surface area (Å²) in [5, 5.41) is 9.54. The molecule has 1 aliphatic carbocycles. The summed E-state index contributed by atoms with van der Waals surface area (Å²) in [6.45, 7) is 1.63. The van der Waals surface area contributed by atoms with Gasteiger partial charge in [-0.1, -0.05) is 23.7 Å². The monoisotopic (exact) mass is 412 g/mol. The Morgan fingerprint density at radius 3 is 2.62 bits per heavy atom. The highest BCUT2D eigenvalue weighted by Gasteiger charge is 2.29. The number of carbonyl (C=O) groups is 1. The zero-order valence-electron chi connectivity index (χ0n) is 15.7. The number of carboxylic acid groups (broad SMARTS) is 1. The van der Waals surface area contributed by atoms with Gasteiger partial charge in [0, 0.05) is 30.9 Å². The van der Waals surface area contributed by atoms with E-state index in [1.807, 2.05) is 25.2 Å². The van der Waals surface area contributed by atoms with Crippen molar-refractivity contribution in [1.82, 2.24) is 9.47 Å². The molecule has 7 heteroatoms. The van der Waals surface area contributed by atoms with Gasteiger partial charge in [0.15, 0.2) is 0 Å². The van der Waals surface area contributed by atoms with Crippen LogP contribution >= 0.6 is 11.6 Å². The van der Waals surface area contributed by atoms with Gasteiger partial charge in [-0.05, 0) is 48.7 Å². The highest BCUT2D eigenvalue weighted by molar-refractivity contribution is 6.38. The van der Waals surface area contributed by atoms with Crippen LogP contribution in [0.4, 0.5) is 4.39 Å². The van der Waals surface area contributed by atoms with Crippen LogP contribution in [0.5, 0.6) is 0 Å². The second kappa shape index (κ2) is 6.40. The number of halogens is 2. The lowest BCUT2D eigenvalue weighted by atomic mass is 9.98. The molecule has 5 rings (SSSR count). The van der Waals surface area contributed by atoms with E-state index >= 15 is 4.39 Å². The molecule has 0 amide bonds. The molecular weight excluding hydrogens is 395 g/mol. The normalized spacial score (nSPS) is 16.4. The second-order valence-corrected chi connectivity index (χ2v) is 8.29. The highest BCUT2D eigenvalue weighted by atomic mass is 35.5. The van der Waals surface area contributed by atoms with Gasteiger partial charge in [0.1, 0.15) is 11.4 Å². The Kier molecular flexibility index (Phi) is 4.05. The molecule has 2 aromatic carbocycles. The molecule has 0 saturated heterocycles. The van der Waals surface area contributed by atoms with E-state index < -0.39 is 17.2 Å². The average molecular weight is 413 g/mol. The summed E-state index contributed by atoms with van der Waals surface area (Å²) >= 11 is 6.68. The molecule has 1 aliphatic heterocycles. The van der Waals surface area contributed by atoms with Crippen molar-refractivity contribution in [1.29, 1.82) is 0 Å². The number of benzene rings is 2. The van der Waals surface area contributed by atoms with Crippen LogP contribution in [0.1, 0.15) is 40.4 Å². The maximum atomic E-state index is 15.2. The summed E-state index contributed by atoms with van der Waals surface area (Å²) in [7, 11) is 2.03. The van der Waals surface area contributed by atoms with E-state index in [0.29, 0.717) is 11.1 Å². The Bertz CT molecular complexity index is 1260. The first-order chi connectivity index (χ1) is 13.8. The Morgan fingerprint density at radius 2 is 1.93 bits per heavy atom. The Hall–Kier alpha value is -2.70. The van der Waals surface area contributed by atoms with Crippen molar-refractivity contribution in [2.24, 2.45) is 0 Å². The third-order valence-corrected chi connectivity index (χ3v) is 6.12. The largest absolute Gasteiger partial charge is 0.477 e.